The van der Waals surface area contributed by atoms with Gasteiger partial charge in [0.25, 0.3) is 0 Å². The summed E-state index contributed by atoms with van der Waals surface area (Å²) in [6.45, 7) is 5.73. The number of nitrogens with zero attached hydrogens (tertiary/aromatic N) is 2. The molecule has 0 aromatic rings. The first-order valence-corrected chi connectivity index (χ1v) is 7.93. The second kappa shape index (κ2) is 10.5. The number of hydrogen-bond acceptors (Lipinski definition) is 6. The minimum Gasteiger partial charge on any atom is -0.395 e. The first-order valence-electron chi connectivity index (χ1n) is 6.20. The van der Waals surface area contributed by atoms with Gasteiger partial charge in [0, 0.05) is 26.1 Å². The van der Waals surface area contributed by atoms with Crippen molar-refractivity contribution in [1.82, 2.24) is 4.90 Å². The number of nitriles is 1. The molecule has 0 radical (unpaired) electrons. The van der Waals surface area contributed by atoms with E-state index in [-0.39, 0.29) is 12.8 Å². The van der Waals surface area contributed by atoms with Crippen molar-refractivity contribution in [3.8, 4) is 6.07 Å². The zero-order valence-corrected chi connectivity index (χ0v) is 12.1. The average molecular weight is 278 g/mol. The van der Waals surface area contributed by atoms with Crippen LogP contribution in [0.25, 0.3) is 0 Å². The molecule has 0 saturated heterocycles. The summed E-state index contributed by atoms with van der Waals surface area (Å²) < 4.78 is 22.6. The molecule has 0 bridgehead atoms. The van der Waals surface area contributed by atoms with E-state index in [9.17, 15) is 4.57 Å². The predicted octanol–water partition coefficient (Wildman–Crippen LogP) is 1.46. The van der Waals surface area contributed by atoms with Crippen LogP contribution in [0.15, 0.2) is 0 Å². The monoisotopic (exact) mass is 278 g/mol. The van der Waals surface area contributed by atoms with E-state index in [1.807, 2.05) is 11.0 Å². The van der Waals surface area contributed by atoms with Gasteiger partial charge in [0.15, 0.2) is 0 Å². The topological polar surface area (TPSA) is 82.8 Å². The van der Waals surface area contributed by atoms with Crippen molar-refractivity contribution in [2.24, 2.45) is 0 Å². The van der Waals surface area contributed by atoms with Crippen molar-refractivity contribution in [3.05, 3.63) is 0 Å². The highest BCUT2D eigenvalue weighted by molar-refractivity contribution is 7.53. The molecule has 7 heteroatoms. The molecule has 0 aliphatic heterocycles. The minimum atomic E-state index is -3.04. The summed E-state index contributed by atoms with van der Waals surface area (Å²) in [5.74, 6) is 0. The molecule has 0 amide bonds. The summed E-state index contributed by atoms with van der Waals surface area (Å²) in [4.78, 5) is 1.88. The predicted molar refractivity (Wildman–Crippen MR) is 69.5 cm³/mol. The van der Waals surface area contributed by atoms with E-state index >= 15 is 0 Å². The Bertz CT molecular complexity index is 283. The highest BCUT2D eigenvalue weighted by Crippen LogP contribution is 2.47. The first-order chi connectivity index (χ1) is 8.61. The highest BCUT2D eigenvalue weighted by atomic mass is 31.2. The largest absolute Gasteiger partial charge is 0.395 e. The van der Waals surface area contributed by atoms with E-state index in [0.29, 0.717) is 39.3 Å². The summed E-state index contributed by atoms with van der Waals surface area (Å²) in [6, 6.07) is 2.05. The molecule has 0 heterocycles. The van der Waals surface area contributed by atoms with E-state index < -0.39 is 7.60 Å². The third-order valence-electron chi connectivity index (χ3n) is 2.30. The zero-order chi connectivity index (χ0) is 13.9. The van der Waals surface area contributed by atoms with Crippen molar-refractivity contribution >= 4 is 7.60 Å². The molecule has 0 atom stereocenters. The summed E-state index contributed by atoms with van der Waals surface area (Å²) in [5.41, 5.74) is 0. The quantitative estimate of drug-likeness (QED) is 0.576. The van der Waals surface area contributed by atoms with E-state index in [2.05, 4.69) is 0 Å². The fraction of sp³-hybridized carbons (Fsp3) is 0.909. The summed E-state index contributed by atoms with van der Waals surface area (Å²) in [5, 5.41) is 17.5. The van der Waals surface area contributed by atoms with Crippen LogP contribution >= 0.6 is 7.60 Å². The van der Waals surface area contributed by atoms with E-state index in [4.69, 9.17) is 19.4 Å². The molecule has 18 heavy (non-hydrogen) atoms. The van der Waals surface area contributed by atoms with Gasteiger partial charge in [-0.3, -0.25) is 9.46 Å². The van der Waals surface area contributed by atoms with Crippen LogP contribution < -0.4 is 0 Å². The van der Waals surface area contributed by atoms with Crippen molar-refractivity contribution < 1.29 is 18.7 Å². The van der Waals surface area contributed by atoms with Crippen molar-refractivity contribution in [2.45, 2.75) is 20.3 Å². The Morgan fingerprint density at radius 1 is 1.22 bits per heavy atom. The lowest BCUT2D eigenvalue weighted by molar-refractivity contribution is 0.191. The summed E-state index contributed by atoms with van der Waals surface area (Å²) in [7, 11) is -3.04. The Kier molecular flexibility index (Phi) is 10.2. The molecule has 0 rings (SSSR count). The van der Waals surface area contributed by atoms with Crippen LogP contribution in [0.3, 0.4) is 0 Å². The lowest BCUT2D eigenvalue weighted by Gasteiger charge is -2.23. The van der Waals surface area contributed by atoms with Crippen LogP contribution in [0.4, 0.5) is 0 Å². The molecule has 0 aliphatic carbocycles. The summed E-state index contributed by atoms with van der Waals surface area (Å²) >= 11 is 0. The lowest BCUT2D eigenvalue weighted by Crippen LogP contribution is -2.31. The van der Waals surface area contributed by atoms with Gasteiger partial charge in [-0.1, -0.05) is 0 Å². The average Bonchev–Trinajstić information content (AvgIpc) is 2.33. The highest BCUT2D eigenvalue weighted by Gasteiger charge is 2.24. The number of aliphatic hydroxyl groups is 1. The Hall–Kier alpha value is -0.440. The molecule has 0 aromatic heterocycles. The zero-order valence-electron chi connectivity index (χ0n) is 11.2. The van der Waals surface area contributed by atoms with Gasteiger partial charge < -0.3 is 14.2 Å². The minimum absolute atomic E-state index is 0.0129. The second-order valence-corrected chi connectivity index (χ2v) is 5.83. The molecule has 0 fully saturated rings. The number of hydrogen-bond donors (Lipinski definition) is 1. The maximum Gasteiger partial charge on any atom is 0.331 e. The number of aliphatic hydroxyl groups excluding tert-OH is 1. The molecule has 106 valence electrons. The fourth-order valence-corrected chi connectivity index (χ4v) is 3.16. The van der Waals surface area contributed by atoms with Gasteiger partial charge in [-0.25, -0.2) is 0 Å². The normalized spacial score (nSPS) is 11.7. The Balaban J connectivity index is 4.27. The SMILES string of the molecule is CCOP(=O)(CCN(CCO)CCC#N)OCC. The van der Waals surface area contributed by atoms with Crippen molar-refractivity contribution in [3.63, 3.8) is 0 Å². The molecule has 0 unspecified atom stereocenters. The first kappa shape index (κ1) is 17.6. The lowest BCUT2D eigenvalue weighted by atomic mass is 10.4. The van der Waals surface area contributed by atoms with Crippen LogP contribution in [0.5, 0.6) is 0 Å². The Morgan fingerprint density at radius 2 is 1.83 bits per heavy atom. The van der Waals surface area contributed by atoms with Gasteiger partial charge in [0.1, 0.15) is 0 Å². The van der Waals surface area contributed by atoms with Gasteiger partial charge in [-0.05, 0) is 13.8 Å². The molecular weight excluding hydrogens is 255 g/mol. The maximum atomic E-state index is 12.2. The van der Waals surface area contributed by atoms with E-state index in [1.165, 1.54) is 0 Å². The van der Waals surface area contributed by atoms with Gasteiger partial charge in [-0.15, -0.1) is 0 Å². The van der Waals surface area contributed by atoms with Crippen molar-refractivity contribution in [2.75, 3.05) is 45.6 Å². The third kappa shape index (κ3) is 7.80. The Morgan fingerprint density at radius 3 is 2.28 bits per heavy atom. The molecule has 0 aliphatic rings. The van der Waals surface area contributed by atoms with E-state index in [1.54, 1.807) is 13.8 Å². The van der Waals surface area contributed by atoms with Crippen molar-refractivity contribution in [1.29, 1.82) is 5.26 Å². The molecule has 0 aromatic carbocycles. The van der Waals surface area contributed by atoms with Gasteiger partial charge in [0.2, 0.25) is 0 Å². The van der Waals surface area contributed by atoms with Gasteiger partial charge in [-0.2, -0.15) is 5.26 Å². The smallest absolute Gasteiger partial charge is 0.331 e. The van der Waals surface area contributed by atoms with E-state index in [0.717, 1.165) is 0 Å². The Labute approximate surface area is 109 Å². The van der Waals surface area contributed by atoms with Crippen LogP contribution in [0, 0.1) is 11.3 Å². The molecular formula is C11H23N2O4P. The van der Waals surface area contributed by atoms with Crippen LogP contribution in [-0.2, 0) is 13.6 Å². The fourth-order valence-electron chi connectivity index (χ4n) is 1.51. The molecule has 6 nitrogen and oxygen atoms in total. The summed E-state index contributed by atoms with van der Waals surface area (Å²) in [6.07, 6.45) is 0.660. The van der Waals surface area contributed by atoms with Crippen LogP contribution in [0.2, 0.25) is 0 Å². The molecule has 0 saturated carbocycles. The van der Waals surface area contributed by atoms with Crippen LogP contribution in [0.1, 0.15) is 20.3 Å². The van der Waals surface area contributed by atoms with Crippen LogP contribution in [-0.4, -0.2) is 55.6 Å². The third-order valence-corrected chi connectivity index (χ3v) is 4.35. The van der Waals surface area contributed by atoms with Gasteiger partial charge >= 0.3 is 7.60 Å². The van der Waals surface area contributed by atoms with Gasteiger partial charge in [0.05, 0.1) is 32.1 Å². The second-order valence-electron chi connectivity index (χ2n) is 3.64. The maximum absolute atomic E-state index is 12.2. The molecule has 0 spiro atoms. The standard InChI is InChI=1S/C11H23N2O4P/c1-3-16-18(15,17-4-2)11-9-13(8-10-14)7-5-6-12/h14H,3-5,7-11H2,1-2H3. The molecule has 1 N–H and O–H groups in total. The number of rotatable bonds is 11.